The van der Waals surface area contributed by atoms with Crippen LogP contribution in [0.3, 0.4) is 0 Å². The van der Waals surface area contributed by atoms with Crippen molar-refractivity contribution in [1.82, 2.24) is 15.0 Å². The Hall–Kier alpha value is -3.14. The standard InChI is InChI=1S/C22H22N4/c1-17-11-13-19(14-12-17)23-16-15-21(18-7-3-2-4-8-18)26-22-10-6-5-9-20(22)24-25-26/h2-14,21,23H,15-16H2,1H3. The van der Waals surface area contributed by atoms with E-state index in [0.717, 1.165) is 29.7 Å². The minimum Gasteiger partial charge on any atom is -0.385 e. The van der Waals surface area contributed by atoms with Crippen LogP contribution in [0, 0.1) is 6.92 Å². The van der Waals surface area contributed by atoms with Crippen LogP contribution in [0.1, 0.15) is 23.6 Å². The first-order chi connectivity index (χ1) is 12.8. The van der Waals surface area contributed by atoms with Crippen LogP contribution in [0.5, 0.6) is 0 Å². The van der Waals surface area contributed by atoms with Crippen molar-refractivity contribution >= 4 is 16.7 Å². The fraction of sp³-hybridized carbons (Fsp3) is 0.182. The van der Waals surface area contributed by atoms with Crippen LogP contribution in [-0.2, 0) is 0 Å². The molecule has 1 N–H and O–H groups in total. The highest BCUT2D eigenvalue weighted by Crippen LogP contribution is 2.25. The molecular formula is C22H22N4. The molecule has 0 aliphatic rings. The Morgan fingerprint density at radius 1 is 0.885 bits per heavy atom. The lowest BCUT2D eigenvalue weighted by molar-refractivity contribution is 0.500. The van der Waals surface area contributed by atoms with E-state index in [1.807, 2.05) is 28.9 Å². The zero-order valence-corrected chi connectivity index (χ0v) is 14.8. The lowest BCUT2D eigenvalue weighted by atomic mass is 10.0. The van der Waals surface area contributed by atoms with Gasteiger partial charge in [-0.15, -0.1) is 5.10 Å². The SMILES string of the molecule is Cc1ccc(NCCC(c2ccccc2)n2nnc3ccccc32)cc1. The summed E-state index contributed by atoms with van der Waals surface area (Å²) in [5, 5.41) is 12.3. The van der Waals surface area contributed by atoms with E-state index >= 15 is 0 Å². The minimum atomic E-state index is 0.140. The Kier molecular flexibility index (Phi) is 4.65. The second-order valence-corrected chi connectivity index (χ2v) is 6.53. The number of aromatic nitrogens is 3. The maximum absolute atomic E-state index is 4.45. The van der Waals surface area contributed by atoms with Crippen molar-refractivity contribution in [3.63, 3.8) is 0 Å². The number of para-hydroxylation sites is 1. The van der Waals surface area contributed by atoms with Gasteiger partial charge in [0.05, 0.1) is 11.6 Å². The van der Waals surface area contributed by atoms with Gasteiger partial charge in [-0.3, -0.25) is 0 Å². The van der Waals surface area contributed by atoms with E-state index in [1.165, 1.54) is 11.1 Å². The molecule has 130 valence electrons. The smallest absolute Gasteiger partial charge is 0.113 e. The van der Waals surface area contributed by atoms with Crippen LogP contribution < -0.4 is 5.32 Å². The Morgan fingerprint density at radius 3 is 2.42 bits per heavy atom. The highest BCUT2D eigenvalue weighted by atomic mass is 15.4. The zero-order valence-electron chi connectivity index (χ0n) is 14.8. The zero-order chi connectivity index (χ0) is 17.8. The van der Waals surface area contributed by atoms with Crippen molar-refractivity contribution in [2.45, 2.75) is 19.4 Å². The van der Waals surface area contributed by atoms with Crippen LogP contribution in [-0.4, -0.2) is 21.5 Å². The largest absolute Gasteiger partial charge is 0.385 e. The van der Waals surface area contributed by atoms with Crippen molar-refractivity contribution in [2.24, 2.45) is 0 Å². The van der Waals surface area contributed by atoms with E-state index in [4.69, 9.17) is 0 Å². The Balaban J connectivity index is 1.58. The van der Waals surface area contributed by atoms with E-state index in [2.05, 4.69) is 77.1 Å². The number of benzene rings is 3. The van der Waals surface area contributed by atoms with Gasteiger partial charge in [0.2, 0.25) is 0 Å². The number of nitrogens with one attached hydrogen (secondary N) is 1. The summed E-state index contributed by atoms with van der Waals surface area (Å²) >= 11 is 0. The van der Waals surface area contributed by atoms with Crippen molar-refractivity contribution in [1.29, 1.82) is 0 Å². The molecule has 0 fully saturated rings. The van der Waals surface area contributed by atoms with Crippen molar-refractivity contribution in [3.8, 4) is 0 Å². The first kappa shape index (κ1) is 16.3. The number of hydrogen-bond acceptors (Lipinski definition) is 3. The summed E-state index contributed by atoms with van der Waals surface area (Å²) < 4.78 is 2.04. The highest BCUT2D eigenvalue weighted by Gasteiger charge is 2.17. The summed E-state index contributed by atoms with van der Waals surface area (Å²) in [7, 11) is 0. The Labute approximate surface area is 153 Å². The first-order valence-electron chi connectivity index (χ1n) is 8.97. The summed E-state index contributed by atoms with van der Waals surface area (Å²) in [5.74, 6) is 0. The van der Waals surface area contributed by atoms with Gasteiger partial charge >= 0.3 is 0 Å². The number of hydrogen-bond donors (Lipinski definition) is 1. The van der Waals surface area contributed by atoms with E-state index in [-0.39, 0.29) is 6.04 Å². The van der Waals surface area contributed by atoms with Gasteiger partial charge in [0.25, 0.3) is 0 Å². The monoisotopic (exact) mass is 342 g/mol. The quantitative estimate of drug-likeness (QED) is 0.546. The van der Waals surface area contributed by atoms with Crippen molar-refractivity contribution in [3.05, 3.63) is 90.0 Å². The lowest BCUT2D eigenvalue weighted by Crippen LogP contribution is -2.16. The number of nitrogens with zero attached hydrogens (tertiary/aromatic N) is 3. The topological polar surface area (TPSA) is 42.7 Å². The molecule has 4 nitrogen and oxygen atoms in total. The average Bonchev–Trinajstić information content (AvgIpc) is 3.11. The molecule has 0 bridgehead atoms. The second-order valence-electron chi connectivity index (χ2n) is 6.53. The van der Waals surface area contributed by atoms with E-state index < -0.39 is 0 Å². The predicted molar refractivity (Wildman–Crippen MR) is 106 cm³/mol. The van der Waals surface area contributed by atoms with Gasteiger partial charge in [-0.1, -0.05) is 65.4 Å². The number of aryl methyl sites for hydroxylation is 1. The average molecular weight is 342 g/mol. The lowest BCUT2D eigenvalue weighted by Gasteiger charge is -2.19. The molecule has 26 heavy (non-hydrogen) atoms. The van der Waals surface area contributed by atoms with Crippen LogP contribution in [0.25, 0.3) is 11.0 Å². The van der Waals surface area contributed by atoms with Crippen LogP contribution >= 0.6 is 0 Å². The third-order valence-corrected chi connectivity index (χ3v) is 4.66. The highest BCUT2D eigenvalue weighted by molar-refractivity contribution is 5.74. The van der Waals surface area contributed by atoms with Crippen LogP contribution in [0.2, 0.25) is 0 Å². The molecule has 4 aromatic rings. The van der Waals surface area contributed by atoms with Gasteiger partial charge in [0, 0.05) is 12.2 Å². The normalized spacial score (nSPS) is 12.2. The third-order valence-electron chi connectivity index (χ3n) is 4.66. The summed E-state index contributed by atoms with van der Waals surface area (Å²) in [6.07, 6.45) is 0.922. The summed E-state index contributed by atoms with van der Waals surface area (Å²) in [6.45, 7) is 2.96. The Bertz CT molecular complexity index is 974. The molecule has 0 aliphatic carbocycles. The van der Waals surface area contributed by atoms with Gasteiger partial charge in [-0.05, 0) is 43.2 Å². The summed E-state index contributed by atoms with van der Waals surface area (Å²) in [4.78, 5) is 0. The maximum atomic E-state index is 4.45. The fourth-order valence-electron chi connectivity index (χ4n) is 3.25. The van der Waals surface area contributed by atoms with Gasteiger partial charge in [0.15, 0.2) is 0 Å². The predicted octanol–water partition coefficient (Wildman–Crippen LogP) is 4.83. The number of fused-ring (bicyclic) bond motifs is 1. The maximum Gasteiger partial charge on any atom is 0.113 e. The van der Waals surface area contributed by atoms with Crippen molar-refractivity contribution < 1.29 is 0 Å². The molecule has 0 radical (unpaired) electrons. The van der Waals surface area contributed by atoms with Gasteiger partial charge < -0.3 is 5.32 Å². The van der Waals surface area contributed by atoms with Crippen LogP contribution in [0.4, 0.5) is 5.69 Å². The van der Waals surface area contributed by atoms with E-state index in [9.17, 15) is 0 Å². The molecule has 0 spiro atoms. The molecule has 4 heteroatoms. The Morgan fingerprint density at radius 2 is 1.62 bits per heavy atom. The summed E-state index contributed by atoms with van der Waals surface area (Å²) in [6, 6.07) is 27.3. The molecule has 0 aliphatic heterocycles. The van der Waals surface area contributed by atoms with Gasteiger partial charge in [-0.2, -0.15) is 0 Å². The van der Waals surface area contributed by atoms with Gasteiger partial charge in [-0.25, -0.2) is 4.68 Å². The molecule has 0 saturated carbocycles. The molecule has 3 aromatic carbocycles. The van der Waals surface area contributed by atoms with E-state index in [0.29, 0.717) is 0 Å². The number of rotatable bonds is 6. The first-order valence-corrected chi connectivity index (χ1v) is 8.97. The molecule has 1 unspecified atom stereocenters. The third kappa shape index (κ3) is 3.45. The van der Waals surface area contributed by atoms with Crippen molar-refractivity contribution in [2.75, 3.05) is 11.9 Å². The molecule has 4 rings (SSSR count). The second kappa shape index (κ2) is 7.40. The van der Waals surface area contributed by atoms with E-state index in [1.54, 1.807) is 0 Å². The molecule has 0 saturated heterocycles. The molecule has 1 atom stereocenters. The molecular weight excluding hydrogens is 320 g/mol. The summed E-state index contributed by atoms with van der Waals surface area (Å²) in [5.41, 5.74) is 5.66. The fourth-order valence-corrected chi connectivity index (χ4v) is 3.25. The van der Waals surface area contributed by atoms with Crippen LogP contribution in [0.15, 0.2) is 78.9 Å². The molecule has 0 amide bonds. The van der Waals surface area contributed by atoms with Gasteiger partial charge in [0.1, 0.15) is 5.52 Å². The molecule has 1 aromatic heterocycles. The number of anilines is 1. The minimum absolute atomic E-state index is 0.140. The molecule has 1 heterocycles.